The number of hydrogen-bond acceptors (Lipinski definition) is 4. The van der Waals surface area contributed by atoms with Crippen LogP contribution in [0.15, 0.2) is 17.5 Å². The van der Waals surface area contributed by atoms with Crippen LogP contribution >= 0.6 is 11.3 Å². The van der Waals surface area contributed by atoms with Crippen LogP contribution in [0.25, 0.3) is 12.2 Å². The summed E-state index contributed by atoms with van der Waals surface area (Å²) in [6.45, 7) is 0. The molecule has 0 amide bonds. The zero-order chi connectivity index (χ0) is 8.23. The van der Waals surface area contributed by atoms with E-state index in [0.29, 0.717) is 5.82 Å². The smallest absolute Gasteiger partial charge is 0.172 e. The second-order valence-electron chi connectivity index (χ2n) is 2.14. The second-order valence-corrected chi connectivity index (χ2v) is 3.11. The quantitative estimate of drug-likeness (QED) is 0.756. The minimum atomic E-state index is 0.670. The minimum absolute atomic E-state index is 0.670. The van der Waals surface area contributed by atoms with Crippen molar-refractivity contribution in [1.29, 1.82) is 0 Å². The van der Waals surface area contributed by atoms with E-state index in [2.05, 4.69) is 20.6 Å². The van der Waals surface area contributed by atoms with Crippen LogP contribution in [0.5, 0.6) is 0 Å². The number of rotatable bonds is 2. The van der Waals surface area contributed by atoms with Crippen molar-refractivity contribution in [3.8, 4) is 0 Å². The Bertz CT molecular complexity index is 312. The van der Waals surface area contributed by atoms with Crippen LogP contribution < -0.4 is 0 Å². The number of hydrogen-bond donors (Lipinski definition) is 1. The van der Waals surface area contributed by atoms with Crippen molar-refractivity contribution < 1.29 is 0 Å². The van der Waals surface area contributed by atoms with E-state index in [-0.39, 0.29) is 0 Å². The summed E-state index contributed by atoms with van der Waals surface area (Å²) in [6.07, 6.45) is 3.80. The van der Waals surface area contributed by atoms with Crippen molar-refractivity contribution in [2.75, 3.05) is 0 Å². The molecule has 0 atom stereocenters. The van der Waals surface area contributed by atoms with E-state index in [1.54, 1.807) is 11.3 Å². The molecule has 60 valence electrons. The van der Waals surface area contributed by atoms with Crippen LogP contribution in [0.2, 0.25) is 0 Å². The van der Waals surface area contributed by atoms with E-state index in [4.69, 9.17) is 0 Å². The molecule has 0 fully saturated rings. The maximum Gasteiger partial charge on any atom is 0.172 e. The van der Waals surface area contributed by atoms with Crippen molar-refractivity contribution in [3.63, 3.8) is 0 Å². The lowest BCUT2D eigenvalue weighted by molar-refractivity contribution is 0.881. The molecule has 0 bridgehead atoms. The first-order valence-corrected chi connectivity index (χ1v) is 4.28. The molecule has 12 heavy (non-hydrogen) atoms. The molecule has 2 rings (SSSR count). The van der Waals surface area contributed by atoms with Crippen LogP contribution in [0.1, 0.15) is 10.7 Å². The van der Waals surface area contributed by atoms with Crippen LogP contribution in [0.3, 0.4) is 0 Å². The second kappa shape index (κ2) is 3.27. The van der Waals surface area contributed by atoms with Gasteiger partial charge in [-0.2, -0.15) is 0 Å². The van der Waals surface area contributed by atoms with E-state index in [1.807, 2.05) is 29.7 Å². The van der Waals surface area contributed by atoms with Gasteiger partial charge < -0.3 is 0 Å². The predicted molar refractivity (Wildman–Crippen MR) is 47.4 cm³/mol. The topological polar surface area (TPSA) is 54.5 Å². The molecule has 0 aliphatic carbocycles. The first kappa shape index (κ1) is 7.17. The summed E-state index contributed by atoms with van der Waals surface area (Å²) < 4.78 is 0. The summed E-state index contributed by atoms with van der Waals surface area (Å²) in [7, 11) is 0. The van der Waals surface area contributed by atoms with Crippen molar-refractivity contribution in [3.05, 3.63) is 28.2 Å². The Hall–Kier alpha value is -1.49. The fourth-order valence-corrected chi connectivity index (χ4v) is 1.40. The summed E-state index contributed by atoms with van der Waals surface area (Å²) in [5, 5.41) is 15.3. The maximum atomic E-state index is 3.72. The first-order valence-electron chi connectivity index (χ1n) is 3.40. The van der Waals surface area contributed by atoms with E-state index < -0.39 is 0 Å². The molecule has 0 radical (unpaired) electrons. The van der Waals surface area contributed by atoms with Gasteiger partial charge in [-0.25, -0.2) is 5.10 Å². The molecular formula is C7H6N4S. The number of tetrazole rings is 1. The molecule has 0 spiro atoms. The Kier molecular flexibility index (Phi) is 1.96. The van der Waals surface area contributed by atoms with Crippen LogP contribution in [0, 0.1) is 0 Å². The Balaban J connectivity index is 2.14. The van der Waals surface area contributed by atoms with Gasteiger partial charge in [0.05, 0.1) is 0 Å². The third-order valence-electron chi connectivity index (χ3n) is 1.31. The maximum absolute atomic E-state index is 3.72. The molecule has 0 unspecified atom stereocenters. The summed E-state index contributed by atoms with van der Waals surface area (Å²) >= 11 is 1.68. The molecule has 0 saturated carbocycles. The Labute approximate surface area is 72.9 Å². The van der Waals surface area contributed by atoms with Gasteiger partial charge in [-0.1, -0.05) is 6.07 Å². The lowest BCUT2D eigenvalue weighted by Gasteiger charge is -1.80. The average Bonchev–Trinajstić information content (AvgIpc) is 2.74. The zero-order valence-corrected chi connectivity index (χ0v) is 6.95. The number of nitrogens with one attached hydrogen (secondary N) is 1. The summed E-state index contributed by atoms with van der Waals surface area (Å²) in [5.41, 5.74) is 0. The van der Waals surface area contributed by atoms with Gasteiger partial charge in [0.2, 0.25) is 0 Å². The van der Waals surface area contributed by atoms with Crippen molar-refractivity contribution >= 4 is 23.5 Å². The molecule has 0 aliphatic rings. The molecule has 2 aromatic heterocycles. The highest BCUT2D eigenvalue weighted by Crippen LogP contribution is 2.11. The Morgan fingerprint density at radius 2 is 2.42 bits per heavy atom. The lowest BCUT2D eigenvalue weighted by atomic mass is 10.4. The van der Waals surface area contributed by atoms with Gasteiger partial charge >= 0.3 is 0 Å². The molecule has 1 N–H and O–H groups in total. The lowest BCUT2D eigenvalue weighted by Crippen LogP contribution is -1.72. The highest BCUT2D eigenvalue weighted by atomic mass is 32.1. The Morgan fingerprint density at radius 3 is 3.08 bits per heavy atom. The average molecular weight is 178 g/mol. The van der Waals surface area contributed by atoms with Gasteiger partial charge in [0.25, 0.3) is 0 Å². The van der Waals surface area contributed by atoms with Gasteiger partial charge in [0.1, 0.15) is 0 Å². The summed E-state index contributed by atoms with van der Waals surface area (Å²) in [4.78, 5) is 1.19. The number of nitrogens with zero attached hydrogens (tertiary/aromatic N) is 3. The highest BCUT2D eigenvalue weighted by Gasteiger charge is 1.89. The monoisotopic (exact) mass is 178 g/mol. The number of thiophene rings is 1. The first-order chi connectivity index (χ1) is 5.95. The van der Waals surface area contributed by atoms with Gasteiger partial charge in [0.15, 0.2) is 5.82 Å². The van der Waals surface area contributed by atoms with Gasteiger partial charge in [0, 0.05) is 4.88 Å². The van der Waals surface area contributed by atoms with Gasteiger partial charge in [-0.3, -0.25) is 0 Å². The molecule has 5 heteroatoms. The minimum Gasteiger partial charge on any atom is -0.239 e. The van der Waals surface area contributed by atoms with Gasteiger partial charge in [-0.15, -0.1) is 16.4 Å². The van der Waals surface area contributed by atoms with E-state index in [9.17, 15) is 0 Å². The zero-order valence-electron chi connectivity index (χ0n) is 6.14. The van der Waals surface area contributed by atoms with Gasteiger partial charge in [-0.05, 0) is 34.0 Å². The number of aromatic nitrogens is 4. The molecule has 2 aromatic rings. The molecule has 0 saturated heterocycles. The SMILES string of the molecule is C(=C\c1cccs1)/c1nnn[nH]1. The highest BCUT2D eigenvalue weighted by molar-refractivity contribution is 7.10. The van der Waals surface area contributed by atoms with E-state index in [0.717, 1.165) is 0 Å². The molecule has 2 heterocycles. The van der Waals surface area contributed by atoms with E-state index in [1.165, 1.54) is 4.88 Å². The standard InChI is InChI=1S/C7H6N4S/c1-2-6(12-5-1)3-4-7-8-10-11-9-7/h1-5H,(H,8,9,10,11)/b4-3+. The third-order valence-corrected chi connectivity index (χ3v) is 2.15. The molecule has 0 aliphatic heterocycles. The largest absolute Gasteiger partial charge is 0.239 e. The normalized spacial score (nSPS) is 11.0. The van der Waals surface area contributed by atoms with Crippen molar-refractivity contribution in [2.45, 2.75) is 0 Å². The van der Waals surface area contributed by atoms with Crippen molar-refractivity contribution in [2.24, 2.45) is 0 Å². The fourth-order valence-electron chi connectivity index (χ4n) is 0.784. The molecule has 0 aromatic carbocycles. The van der Waals surface area contributed by atoms with Crippen molar-refractivity contribution in [1.82, 2.24) is 20.6 Å². The van der Waals surface area contributed by atoms with Crippen LogP contribution in [0.4, 0.5) is 0 Å². The fraction of sp³-hybridized carbons (Fsp3) is 0. The van der Waals surface area contributed by atoms with Crippen LogP contribution in [-0.2, 0) is 0 Å². The summed E-state index contributed by atoms with van der Waals surface area (Å²) in [5.74, 6) is 0.670. The Morgan fingerprint density at radius 1 is 1.42 bits per heavy atom. The third kappa shape index (κ3) is 1.57. The van der Waals surface area contributed by atoms with Crippen LogP contribution in [-0.4, -0.2) is 20.6 Å². The summed E-state index contributed by atoms with van der Waals surface area (Å²) in [6, 6.07) is 4.04. The predicted octanol–water partition coefficient (Wildman–Crippen LogP) is 1.43. The molecular weight excluding hydrogens is 172 g/mol. The number of aromatic amines is 1. The molecule has 4 nitrogen and oxygen atoms in total. The van der Waals surface area contributed by atoms with E-state index >= 15 is 0 Å². The number of H-pyrrole nitrogens is 1.